The summed E-state index contributed by atoms with van der Waals surface area (Å²) < 4.78 is 26.3. The molecule has 0 rings (SSSR count). The molecule has 0 bridgehead atoms. The van der Waals surface area contributed by atoms with Crippen molar-refractivity contribution in [1.82, 2.24) is 8.61 Å². The van der Waals surface area contributed by atoms with Crippen molar-refractivity contribution >= 4 is 27.4 Å². The molecule has 0 unspecified atom stereocenters. The third kappa shape index (κ3) is 4.42. The van der Waals surface area contributed by atoms with Gasteiger partial charge in [-0.3, -0.25) is 0 Å². The van der Waals surface area contributed by atoms with E-state index in [1.165, 1.54) is 22.7 Å². The van der Waals surface area contributed by atoms with Gasteiger partial charge in [0.2, 0.25) is 0 Å². The summed E-state index contributed by atoms with van der Waals surface area (Å²) in [5.41, 5.74) is 5.36. The first kappa shape index (κ1) is 14.8. The molecule has 0 heterocycles. The van der Waals surface area contributed by atoms with Gasteiger partial charge in [0.05, 0.1) is 4.99 Å². The van der Waals surface area contributed by atoms with Crippen molar-refractivity contribution in [3.8, 4) is 0 Å². The minimum Gasteiger partial charge on any atom is -0.393 e. The topological polar surface area (TPSA) is 66.6 Å². The highest BCUT2D eigenvalue weighted by atomic mass is 32.2. The molecular formula is C8H19N3O2S2. The summed E-state index contributed by atoms with van der Waals surface area (Å²) in [6.45, 7) is 3.97. The van der Waals surface area contributed by atoms with E-state index in [9.17, 15) is 8.42 Å². The van der Waals surface area contributed by atoms with Crippen molar-refractivity contribution in [1.29, 1.82) is 0 Å². The van der Waals surface area contributed by atoms with Crippen molar-refractivity contribution in [2.24, 2.45) is 5.73 Å². The first-order chi connectivity index (χ1) is 6.69. The first-order valence-electron chi connectivity index (χ1n) is 4.67. The molecule has 0 aliphatic heterocycles. The van der Waals surface area contributed by atoms with E-state index in [1.807, 2.05) is 13.8 Å². The Morgan fingerprint density at radius 2 is 1.87 bits per heavy atom. The fraction of sp³-hybridized carbons (Fsp3) is 0.875. The van der Waals surface area contributed by atoms with Crippen LogP contribution in [0.1, 0.15) is 20.3 Å². The molecule has 5 nitrogen and oxygen atoms in total. The van der Waals surface area contributed by atoms with Crippen LogP contribution in [-0.4, -0.2) is 48.7 Å². The lowest BCUT2D eigenvalue weighted by Crippen LogP contribution is -2.45. The molecule has 90 valence electrons. The quantitative estimate of drug-likeness (QED) is 0.686. The van der Waals surface area contributed by atoms with Crippen LogP contribution in [0.25, 0.3) is 0 Å². The lowest BCUT2D eigenvalue weighted by atomic mass is 10.3. The Bertz CT molecular complexity index is 312. The van der Waals surface area contributed by atoms with Gasteiger partial charge in [0.15, 0.2) is 0 Å². The van der Waals surface area contributed by atoms with E-state index in [2.05, 4.69) is 0 Å². The Morgan fingerprint density at radius 3 is 2.13 bits per heavy atom. The second-order valence-corrected chi connectivity index (χ2v) is 6.33. The standard InChI is InChI=1S/C8H19N3O2S2/c1-7(2)11(6-5-8(9)14)15(12,13)10(3)4/h7H,5-6H2,1-4H3,(H2,9,14). The predicted octanol–water partition coefficient (Wildman–Crippen LogP) is 0.179. The molecule has 2 N–H and O–H groups in total. The number of thiocarbonyl (C=S) groups is 1. The van der Waals surface area contributed by atoms with Crippen LogP contribution in [0.4, 0.5) is 0 Å². The maximum Gasteiger partial charge on any atom is 0.281 e. The van der Waals surface area contributed by atoms with Crippen molar-refractivity contribution < 1.29 is 8.42 Å². The Kier molecular flexibility index (Phi) is 5.65. The number of hydrogen-bond donors (Lipinski definition) is 1. The van der Waals surface area contributed by atoms with Gasteiger partial charge >= 0.3 is 0 Å². The summed E-state index contributed by atoms with van der Waals surface area (Å²) in [6, 6.07) is -0.105. The van der Waals surface area contributed by atoms with Crippen molar-refractivity contribution in [3.63, 3.8) is 0 Å². The maximum absolute atomic E-state index is 11.9. The smallest absolute Gasteiger partial charge is 0.281 e. The molecule has 0 aromatic carbocycles. The van der Waals surface area contributed by atoms with E-state index >= 15 is 0 Å². The summed E-state index contributed by atoms with van der Waals surface area (Å²) in [4.78, 5) is 0.328. The molecule has 0 spiro atoms. The lowest BCUT2D eigenvalue weighted by Gasteiger charge is -2.28. The van der Waals surface area contributed by atoms with E-state index < -0.39 is 10.2 Å². The van der Waals surface area contributed by atoms with Gasteiger partial charge in [0.25, 0.3) is 10.2 Å². The highest BCUT2D eigenvalue weighted by Crippen LogP contribution is 2.10. The second-order valence-electron chi connectivity index (χ2n) is 3.71. The van der Waals surface area contributed by atoms with E-state index in [0.29, 0.717) is 18.0 Å². The van der Waals surface area contributed by atoms with Gasteiger partial charge in [-0.15, -0.1) is 0 Å². The normalized spacial score (nSPS) is 12.7. The molecule has 0 aromatic heterocycles. The molecule has 0 saturated carbocycles. The van der Waals surface area contributed by atoms with Crippen molar-refractivity contribution in [2.45, 2.75) is 26.3 Å². The molecule has 7 heteroatoms. The summed E-state index contributed by atoms with van der Waals surface area (Å²) >= 11 is 4.73. The van der Waals surface area contributed by atoms with Gasteiger partial charge in [-0.2, -0.15) is 17.0 Å². The van der Waals surface area contributed by atoms with Crippen LogP contribution >= 0.6 is 12.2 Å². The molecule has 0 amide bonds. The van der Waals surface area contributed by atoms with Crippen LogP contribution in [0.15, 0.2) is 0 Å². The zero-order chi connectivity index (χ0) is 12.2. The Labute approximate surface area is 97.4 Å². The van der Waals surface area contributed by atoms with Crippen molar-refractivity contribution in [2.75, 3.05) is 20.6 Å². The molecule has 0 aliphatic rings. The predicted molar refractivity (Wildman–Crippen MR) is 65.9 cm³/mol. The average Bonchev–Trinajstić information content (AvgIpc) is 2.01. The fourth-order valence-electron chi connectivity index (χ4n) is 1.07. The van der Waals surface area contributed by atoms with Crippen LogP contribution in [0.3, 0.4) is 0 Å². The molecule has 15 heavy (non-hydrogen) atoms. The van der Waals surface area contributed by atoms with Crippen LogP contribution in [0, 0.1) is 0 Å². The van der Waals surface area contributed by atoms with Crippen molar-refractivity contribution in [3.05, 3.63) is 0 Å². The van der Waals surface area contributed by atoms with Gasteiger partial charge in [-0.25, -0.2) is 0 Å². The zero-order valence-electron chi connectivity index (χ0n) is 9.60. The number of hydrogen-bond acceptors (Lipinski definition) is 3. The maximum atomic E-state index is 11.9. The number of nitrogens with zero attached hydrogens (tertiary/aromatic N) is 2. The van der Waals surface area contributed by atoms with Gasteiger partial charge in [0.1, 0.15) is 0 Å². The van der Waals surface area contributed by atoms with Gasteiger partial charge in [-0.05, 0) is 13.8 Å². The average molecular weight is 253 g/mol. The molecule has 0 fully saturated rings. The van der Waals surface area contributed by atoms with E-state index in [4.69, 9.17) is 18.0 Å². The van der Waals surface area contributed by atoms with Crippen LogP contribution in [0.2, 0.25) is 0 Å². The Hall–Kier alpha value is -0.240. The number of rotatable bonds is 6. The monoisotopic (exact) mass is 253 g/mol. The van der Waals surface area contributed by atoms with Crippen LogP contribution < -0.4 is 5.73 Å². The van der Waals surface area contributed by atoms with Gasteiger partial charge < -0.3 is 5.73 Å². The second kappa shape index (κ2) is 5.74. The van der Waals surface area contributed by atoms with Crippen LogP contribution in [0.5, 0.6) is 0 Å². The SMILES string of the molecule is CC(C)N(CCC(N)=S)S(=O)(=O)N(C)C. The molecule has 0 atom stereocenters. The highest BCUT2D eigenvalue weighted by molar-refractivity contribution is 7.86. The van der Waals surface area contributed by atoms with E-state index in [1.54, 1.807) is 0 Å². The molecule has 0 radical (unpaired) electrons. The summed E-state index contributed by atoms with van der Waals surface area (Å²) in [7, 11) is -0.372. The van der Waals surface area contributed by atoms with E-state index in [-0.39, 0.29) is 6.04 Å². The Balaban J connectivity index is 4.75. The Morgan fingerprint density at radius 1 is 1.40 bits per heavy atom. The molecular weight excluding hydrogens is 234 g/mol. The molecule has 0 aliphatic carbocycles. The highest BCUT2D eigenvalue weighted by Gasteiger charge is 2.26. The lowest BCUT2D eigenvalue weighted by molar-refractivity contribution is 0.335. The summed E-state index contributed by atoms with van der Waals surface area (Å²) in [5, 5.41) is 0. The largest absolute Gasteiger partial charge is 0.393 e. The minimum atomic E-state index is -3.38. The third-order valence-electron chi connectivity index (χ3n) is 1.91. The first-order valence-corrected chi connectivity index (χ1v) is 6.47. The molecule has 0 saturated heterocycles. The zero-order valence-corrected chi connectivity index (χ0v) is 11.2. The van der Waals surface area contributed by atoms with Gasteiger partial charge in [0, 0.05) is 33.1 Å². The number of nitrogens with two attached hydrogens (primary N) is 1. The van der Waals surface area contributed by atoms with E-state index in [0.717, 1.165) is 0 Å². The van der Waals surface area contributed by atoms with Gasteiger partial charge in [-0.1, -0.05) is 12.2 Å². The fourth-order valence-corrected chi connectivity index (χ4v) is 2.44. The third-order valence-corrected chi connectivity index (χ3v) is 4.24. The molecule has 0 aromatic rings. The minimum absolute atomic E-state index is 0.105. The summed E-state index contributed by atoms with van der Waals surface area (Å²) in [5.74, 6) is 0. The summed E-state index contributed by atoms with van der Waals surface area (Å²) in [6.07, 6.45) is 0.403. The van der Waals surface area contributed by atoms with Crippen LogP contribution in [-0.2, 0) is 10.2 Å².